The first-order valence-corrected chi connectivity index (χ1v) is 7.41. The molecule has 0 saturated heterocycles. The van der Waals surface area contributed by atoms with Gasteiger partial charge < -0.3 is 10.1 Å². The Morgan fingerprint density at radius 2 is 2.05 bits per heavy atom. The molecule has 0 spiro atoms. The van der Waals surface area contributed by atoms with Crippen LogP contribution in [0.2, 0.25) is 0 Å². The van der Waals surface area contributed by atoms with E-state index in [-0.39, 0.29) is 23.0 Å². The molecule has 1 aliphatic carbocycles. The van der Waals surface area contributed by atoms with Gasteiger partial charge in [-0.25, -0.2) is 4.39 Å². The normalized spacial score (nSPS) is 20.3. The summed E-state index contributed by atoms with van der Waals surface area (Å²) in [6, 6.07) is 13.4. The molecule has 0 bridgehead atoms. The number of halogens is 2. The van der Waals surface area contributed by atoms with Crippen molar-refractivity contribution in [3.8, 4) is 5.75 Å². The van der Waals surface area contributed by atoms with Gasteiger partial charge in [0.15, 0.2) is 11.6 Å². The highest BCUT2D eigenvalue weighted by atomic mass is 35.5. The minimum absolute atomic E-state index is 0.00364. The van der Waals surface area contributed by atoms with Gasteiger partial charge in [-0.15, -0.1) is 11.6 Å². The number of benzene rings is 2. The third-order valence-electron chi connectivity index (χ3n) is 3.94. The molecular formula is C17H17ClFNO. The largest absolute Gasteiger partial charge is 0.494 e. The maximum atomic E-state index is 14.1. The fourth-order valence-electron chi connectivity index (χ4n) is 2.85. The molecule has 110 valence electrons. The monoisotopic (exact) mass is 305 g/mol. The number of hydrogen-bond donors (Lipinski definition) is 1. The van der Waals surface area contributed by atoms with Gasteiger partial charge in [-0.05, 0) is 23.6 Å². The summed E-state index contributed by atoms with van der Waals surface area (Å²) < 4.78 is 19.1. The predicted molar refractivity (Wildman–Crippen MR) is 82.3 cm³/mol. The summed E-state index contributed by atoms with van der Waals surface area (Å²) in [6.45, 7) is 0.422. The molecule has 0 amide bonds. The van der Waals surface area contributed by atoms with Gasteiger partial charge in [-0.3, -0.25) is 0 Å². The molecule has 0 fully saturated rings. The molecule has 1 aliphatic rings. The number of ether oxygens (including phenoxy) is 1. The van der Waals surface area contributed by atoms with Crippen LogP contribution in [0.1, 0.15) is 22.7 Å². The Hall–Kier alpha value is -1.58. The summed E-state index contributed by atoms with van der Waals surface area (Å²) in [5, 5.41) is 3.36. The molecule has 3 rings (SSSR count). The fraction of sp³-hybridized carbons (Fsp3) is 0.294. The van der Waals surface area contributed by atoms with E-state index in [0.717, 1.165) is 6.42 Å². The molecule has 2 nitrogen and oxygen atoms in total. The van der Waals surface area contributed by atoms with Crippen LogP contribution in [-0.2, 0) is 13.0 Å². The maximum absolute atomic E-state index is 14.1. The van der Waals surface area contributed by atoms with E-state index >= 15 is 0 Å². The van der Waals surface area contributed by atoms with Gasteiger partial charge in [0.25, 0.3) is 0 Å². The summed E-state index contributed by atoms with van der Waals surface area (Å²) in [7, 11) is 1.47. The van der Waals surface area contributed by atoms with E-state index in [1.807, 2.05) is 12.1 Å². The van der Waals surface area contributed by atoms with Crippen LogP contribution in [0.5, 0.6) is 5.75 Å². The average molecular weight is 306 g/mol. The maximum Gasteiger partial charge on any atom is 0.169 e. The third-order valence-corrected chi connectivity index (χ3v) is 4.35. The molecule has 0 heterocycles. The van der Waals surface area contributed by atoms with Gasteiger partial charge in [0.05, 0.1) is 12.5 Å². The second-order valence-corrected chi connectivity index (χ2v) is 5.77. The van der Waals surface area contributed by atoms with E-state index in [2.05, 4.69) is 17.4 Å². The lowest BCUT2D eigenvalue weighted by Crippen LogP contribution is -2.25. The van der Waals surface area contributed by atoms with Crippen molar-refractivity contribution in [3.63, 3.8) is 0 Å². The van der Waals surface area contributed by atoms with Gasteiger partial charge >= 0.3 is 0 Å². The summed E-state index contributed by atoms with van der Waals surface area (Å²) in [5.41, 5.74) is 3.06. The molecule has 0 aromatic heterocycles. The lowest BCUT2D eigenvalue weighted by Gasteiger charge is -2.18. The smallest absolute Gasteiger partial charge is 0.169 e. The van der Waals surface area contributed by atoms with Crippen LogP contribution < -0.4 is 10.1 Å². The van der Waals surface area contributed by atoms with Gasteiger partial charge in [0.2, 0.25) is 0 Å². The SMILES string of the molecule is COc1cccc(CNC2c3ccccc3CC2Cl)c1F. The van der Waals surface area contributed by atoms with Crippen LogP contribution in [0.4, 0.5) is 4.39 Å². The standard InChI is InChI=1S/C17H17ClFNO/c1-21-15-8-4-6-12(16(15)19)10-20-17-13-7-3-2-5-11(13)9-14(17)18/h2-8,14,17,20H,9-10H2,1H3. The minimum atomic E-state index is -0.315. The average Bonchev–Trinajstić information content (AvgIpc) is 2.82. The van der Waals surface area contributed by atoms with Crippen molar-refractivity contribution in [1.29, 1.82) is 0 Å². The number of nitrogens with one attached hydrogen (secondary N) is 1. The highest BCUT2D eigenvalue weighted by molar-refractivity contribution is 6.21. The fourth-order valence-corrected chi connectivity index (χ4v) is 3.25. The zero-order valence-corrected chi connectivity index (χ0v) is 12.5. The first-order chi connectivity index (χ1) is 10.2. The predicted octanol–water partition coefficient (Wildman–Crippen LogP) is 3.83. The van der Waals surface area contributed by atoms with Crippen molar-refractivity contribution in [2.24, 2.45) is 0 Å². The summed E-state index contributed by atoms with van der Waals surface area (Å²) in [4.78, 5) is 0. The van der Waals surface area contributed by atoms with Gasteiger partial charge in [-0.2, -0.15) is 0 Å². The highest BCUT2D eigenvalue weighted by Crippen LogP contribution is 2.35. The molecule has 0 saturated carbocycles. The van der Waals surface area contributed by atoms with E-state index in [1.54, 1.807) is 18.2 Å². The first-order valence-electron chi connectivity index (χ1n) is 6.97. The Bertz CT molecular complexity index is 646. The van der Waals surface area contributed by atoms with Crippen LogP contribution in [0, 0.1) is 5.82 Å². The quantitative estimate of drug-likeness (QED) is 0.867. The Morgan fingerprint density at radius 3 is 2.86 bits per heavy atom. The van der Waals surface area contributed by atoms with Crippen LogP contribution >= 0.6 is 11.6 Å². The van der Waals surface area contributed by atoms with E-state index in [1.165, 1.54) is 18.2 Å². The Labute approximate surface area is 128 Å². The number of methoxy groups -OCH3 is 1. The summed E-state index contributed by atoms with van der Waals surface area (Å²) >= 11 is 6.43. The lowest BCUT2D eigenvalue weighted by molar-refractivity contribution is 0.382. The van der Waals surface area contributed by atoms with Crippen molar-refractivity contribution in [3.05, 3.63) is 65.0 Å². The summed E-state index contributed by atoms with van der Waals surface area (Å²) in [6.07, 6.45) is 0.843. The van der Waals surface area contributed by atoms with E-state index < -0.39 is 0 Å². The topological polar surface area (TPSA) is 21.3 Å². The molecular weight excluding hydrogens is 289 g/mol. The van der Waals surface area contributed by atoms with Crippen molar-refractivity contribution < 1.29 is 9.13 Å². The van der Waals surface area contributed by atoms with Crippen molar-refractivity contribution in [2.45, 2.75) is 24.4 Å². The van der Waals surface area contributed by atoms with Crippen LogP contribution in [0.25, 0.3) is 0 Å². The molecule has 2 aromatic rings. The number of hydrogen-bond acceptors (Lipinski definition) is 2. The zero-order valence-electron chi connectivity index (χ0n) is 11.8. The lowest BCUT2D eigenvalue weighted by atomic mass is 10.1. The number of alkyl halides is 1. The van der Waals surface area contributed by atoms with Crippen LogP contribution in [0.15, 0.2) is 42.5 Å². The van der Waals surface area contributed by atoms with E-state index in [9.17, 15) is 4.39 Å². The molecule has 0 radical (unpaired) electrons. The van der Waals surface area contributed by atoms with Gasteiger partial charge in [-0.1, -0.05) is 36.4 Å². The van der Waals surface area contributed by atoms with Crippen molar-refractivity contribution in [2.75, 3.05) is 7.11 Å². The number of fused-ring (bicyclic) bond motifs is 1. The van der Waals surface area contributed by atoms with Gasteiger partial charge in [0, 0.05) is 18.2 Å². The van der Waals surface area contributed by atoms with Crippen LogP contribution in [0.3, 0.4) is 0 Å². The first kappa shape index (κ1) is 14.4. The molecule has 2 unspecified atom stereocenters. The summed E-state index contributed by atoms with van der Waals surface area (Å²) in [5.74, 6) is -0.0477. The molecule has 4 heteroatoms. The molecule has 0 aliphatic heterocycles. The second-order valence-electron chi connectivity index (χ2n) is 5.21. The second kappa shape index (κ2) is 6.04. The Kier molecular flexibility index (Phi) is 4.13. The Balaban J connectivity index is 1.77. The molecule has 2 aromatic carbocycles. The molecule has 21 heavy (non-hydrogen) atoms. The third kappa shape index (κ3) is 2.76. The number of rotatable bonds is 4. The Morgan fingerprint density at radius 1 is 1.24 bits per heavy atom. The highest BCUT2D eigenvalue weighted by Gasteiger charge is 2.30. The van der Waals surface area contributed by atoms with Crippen molar-refractivity contribution >= 4 is 11.6 Å². The van der Waals surface area contributed by atoms with Crippen LogP contribution in [-0.4, -0.2) is 12.5 Å². The molecule has 1 N–H and O–H groups in total. The van der Waals surface area contributed by atoms with E-state index in [0.29, 0.717) is 12.1 Å². The molecule has 2 atom stereocenters. The zero-order chi connectivity index (χ0) is 14.8. The van der Waals surface area contributed by atoms with Crippen molar-refractivity contribution in [1.82, 2.24) is 5.32 Å². The minimum Gasteiger partial charge on any atom is -0.494 e. The van der Waals surface area contributed by atoms with E-state index in [4.69, 9.17) is 16.3 Å². The van der Waals surface area contributed by atoms with Gasteiger partial charge in [0.1, 0.15) is 0 Å².